The van der Waals surface area contributed by atoms with E-state index in [2.05, 4.69) is 16.2 Å². The molecule has 126 valence electrons. The van der Waals surface area contributed by atoms with E-state index in [0.717, 1.165) is 5.56 Å². The number of carbonyl (C=O) groups is 1. The van der Waals surface area contributed by atoms with E-state index in [4.69, 9.17) is 28.6 Å². The highest BCUT2D eigenvalue weighted by Crippen LogP contribution is 2.19. The molecule has 0 atom stereocenters. The smallest absolute Gasteiger partial charge is 0.276 e. The Morgan fingerprint density at radius 2 is 2.00 bits per heavy atom. The van der Waals surface area contributed by atoms with Crippen molar-refractivity contribution in [3.05, 3.63) is 58.9 Å². The van der Waals surface area contributed by atoms with Crippen LogP contribution in [0.25, 0.3) is 0 Å². The van der Waals surface area contributed by atoms with E-state index in [1.807, 2.05) is 25.1 Å². The lowest BCUT2D eigenvalue weighted by Gasteiger charge is -2.13. The van der Waals surface area contributed by atoms with Gasteiger partial charge in [0.2, 0.25) is 0 Å². The minimum Gasteiger partial charge on any atom is -0.483 e. The zero-order valence-electron chi connectivity index (χ0n) is 12.7. The number of hydrazine groups is 1. The molecular formula is C16H15ClFN3O2S. The summed E-state index contributed by atoms with van der Waals surface area (Å²) < 4.78 is 18.5. The Morgan fingerprint density at radius 3 is 2.71 bits per heavy atom. The highest BCUT2D eigenvalue weighted by Gasteiger charge is 2.06. The highest BCUT2D eigenvalue weighted by atomic mass is 35.5. The number of rotatable bonds is 4. The second-order valence-corrected chi connectivity index (χ2v) is 5.63. The second-order valence-electron chi connectivity index (χ2n) is 4.81. The molecule has 0 saturated carbocycles. The summed E-state index contributed by atoms with van der Waals surface area (Å²) >= 11 is 10.7. The van der Waals surface area contributed by atoms with E-state index in [0.29, 0.717) is 11.4 Å². The lowest BCUT2D eigenvalue weighted by Crippen LogP contribution is -2.45. The molecule has 0 radical (unpaired) electrons. The summed E-state index contributed by atoms with van der Waals surface area (Å²) in [5.41, 5.74) is 6.34. The molecule has 0 saturated heterocycles. The summed E-state index contributed by atoms with van der Waals surface area (Å²) in [5.74, 6) is -0.295. The Bertz CT molecular complexity index is 758. The summed E-state index contributed by atoms with van der Waals surface area (Å²) in [4.78, 5) is 11.7. The van der Waals surface area contributed by atoms with Crippen LogP contribution in [-0.4, -0.2) is 17.6 Å². The zero-order valence-corrected chi connectivity index (χ0v) is 14.3. The highest BCUT2D eigenvalue weighted by molar-refractivity contribution is 7.80. The Kier molecular flexibility index (Phi) is 6.34. The lowest BCUT2D eigenvalue weighted by molar-refractivity contribution is -0.123. The fraction of sp³-hybridized carbons (Fsp3) is 0.125. The van der Waals surface area contributed by atoms with Gasteiger partial charge >= 0.3 is 0 Å². The predicted octanol–water partition coefficient (Wildman–Crippen LogP) is 3.18. The van der Waals surface area contributed by atoms with Gasteiger partial charge in [0, 0.05) is 5.69 Å². The molecule has 1 amide bonds. The maximum absolute atomic E-state index is 13.1. The fourth-order valence-electron chi connectivity index (χ4n) is 1.76. The van der Waals surface area contributed by atoms with Gasteiger partial charge in [-0.05, 0) is 49.0 Å². The quantitative estimate of drug-likeness (QED) is 0.572. The molecule has 8 heteroatoms. The van der Waals surface area contributed by atoms with Gasteiger partial charge in [-0.15, -0.1) is 0 Å². The van der Waals surface area contributed by atoms with Gasteiger partial charge in [-0.2, -0.15) is 0 Å². The maximum Gasteiger partial charge on any atom is 0.276 e. The third-order valence-corrected chi connectivity index (χ3v) is 3.44. The van der Waals surface area contributed by atoms with Crippen LogP contribution < -0.4 is 20.9 Å². The molecule has 0 spiro atoms. The Morgan fingerprint density at radius 1 is 1.25 bits per heavy atom. The molecule has 0 aromatic heterocycles. The van der Waals surface area contributed by atoms with Crippen molar-refractivity contribution in [1.82, 2.24) is 10.9 Å². The van der Waals surface area contributed by atoms with E-state index < -0.39 is 11.7 Å². The third-order valence-electron chi connectivity index (χ3n) is 2.95. The van der Waals surface area contributed by atoms with Crippen LogP contribution in [0.5, 0.6) is 5.75 Å². The number of nitrogens with one attached hydrogen (secondary N) is 3. The number of thiocarbonyl (C=S) groups is 1. The van der Waals surface area contributed by atoms with E-state index in [1.165, 1.54) is 18.2 Å². The van der Waals surface area contributed by atoms with Gasteiger partial charge in [-0.1, -0.05) is 29.8 Å². The minimum absolute atomic E-state index is 0.0292. The molecule has 0 heterocycles. The van der Waals surface area contributed by atoms with Gasteiger partial charge in [-0.25, -0.2) is 4.39 Å². The number of carbonyl (C=O) groups excluding carboxylic acids is 1. The summed E-state index contributed by atoms with van der Waals surface area (Å²) in [6, 6.07) is 11.4. The van der Waals surface area contributed by atoms with Crippen LogP contribution in [0.2, 0.25) is 5.02 Å². The number of hydrogen-bond acceptors (Lipinski definition) is 3. The van der Waals surface area contributed by atoms with Crippen molar-refractivity contribution in [3.8, 4) is 5.75 Å². The molecule has 0 aliphatic rings. The SMILES string of the molecule is Cc1ccccc1OCC(=O)NNC(=S)Nc1ccc(F)c(Cl)c1. The molecule has 0 unspecified atom stereocenters. The first-order valence-corrected chi connectivity index (χ1v) is 7.73. The number of hydrogen-bond donors (Lipinski definition) is 3. The van der Waals surface area contributed by atoms with E-state index in [9.17, 15) is 9.18 Å². The van der Waals surface area contributed by atoms with E-state index in [-0.39, 0.29) is 16.7 Å². The number of aryl methyl sites for hydroxylation is 1. The number of anilines is 1. The number of ether oxygens (including phenoxy) is 1. The molecule has 0 bridgehead atoms. The molecule has 2 aromatic rings. The van der Waals surface area contributed by atoms with Crippen LogP contribution in [0.4, 0.5) is 10.1 Å². The maximum atomic E-state index is 13.1. The molecule has 5 nitrogen and oxygen atoms in total. The molecule has 2 rings (SSSR count). The van der Waals surface area contributed by atoms with Gasteiger partial charge in [0.1, 0.15) is 11.6 Å². The van der Waals surface area contributed by atoms with Crippen molar-refractivity contribution in [2.45, 2.75) is 6.92 Å². The van der Waals surface area contributed by atoms with Crippen molar-refractivity contribution in [3.63, 3.8) is 0 Å². The lowest BCUT2D eigenvalue weighted by atomic mass is 10.2. The summed E-state index contributed by atoms with van der Waals surface area (Å²) in [5, 5.41) is 2.86. The van der Waals surface area contributed by atoms with Crippen LogP contribution in [0.15, 0.2) is 42.5 Å². The van der Waals surface area contributed by atoms with Gasteiger partial charge in [0.15, 0.2) is 11.7 Å². The number of amides is 1. The second kappa shape index (κ2) is 8.47. The van der Waals surface area contributed by atoms with Crippen LogP contribution in [0.1, 0.15) is 5.56 Å². The molecule has 0 aliphatic heterocycles. The van der Waals surface area contributed by atoms with Crippen molar-refractivity contribution < 1.29 is 13.9 Å². The normalized spacial score (nSPS) is 9.96. The largest absolute Gasteiger partial charge is 0.483 e. The molecule has 2 aromatic carbocycles. The fourth-order valence-corrected chi connectivity index (χ4v) is 2.11. The minimum atomic E-state index is -0.525. The summed E-state index contributed by atoms with van der Waals surface area (Å²) in [6.45, 7) is 1.72. The Labute approximate surface area is 149 Å². The van der Waals surface area contributed by atoms with E-state index >= 15 is 0 Å². The van der Waals surface area contributed by atoms with Crippen molar-refractivity contribution >= 4 is 40.5 Å². The first-order chi connectivity index (χ1) is 11.5. The Hall–Kier alpha value is -2.38. The van der Waals surface area contributed by atoms with Crippen molar-refractivity contribution in [1.29, 1.82) is 0 Å². The first kappa shape index (κ1) is 18.0. The molecule has 0 aliphatic carbocycles. The molecular weight excluding hydrogens is 353 g/mol. The first-order valence-electron chi connectivity index (χ1n) is 6.95. The number of para-hydroxylation sites is 1. The van der Waals surface area contributed by atoms with Gasteiger partial charge < -0.3 is 10.1 Å². The van der Waals surface area contributed by atoms with Gasteiger partial charge in [-0.3, -0.25) is 15.6 Å². The summed E-state index contributed by atoms with van der Waals surface area (Å²) in [7, 11) is 0. The number of halogens is 2. The summed E-state index contributed by atoms with van der Waals surface area (Å²) in [6.07, 6.45) is 0. The van der Waals surface area contributed by atoms with E-state index in [1.54, 1.807) is 6.07 Å². The average molecular weight is 368 g/mol. The van der Waals surface area contributed by atoms with Crippen LogP contribution in [0, 0.1) is 12.7 Å². The molecule has 24 heavy (non-hydrogen) atoms. The van der Waals surface area contributed by atoms with Crippen LogP contribution >= 0.6 is 23.8 Å². The zero-order chi connectivity index (χ0) is 17.5. The number of benzene rings is 2. The topological polar surface area (TPSA) is 62.4 Å². The van der Waals surface area contributed by atoms with Gasteiger partial charge in [0.25, 0.3) is 5.91 Å². The monoisotopic (exact) mass is 367 g/mol. The van der Waals surface area contributed by atoms with Gasteiger partial charge in [0.05, 0.1) is 5.02 Å². The average Bonchev–Trinajstić information content (AvgIpc) is 2.55. The van der Waals surface area contributed by atoms with Crippen molar-refractivity contribution in [2.75, 3.05) is 11.9 Å². The standard InChI is InChI=1S/C16H15ClFN3O2S/c1-10-4-2-3-5-14(10)23-9-15(22)20-21-16(24)19-11-6-7-13(18)12(17)8-11/h2-8H,9H2,1H3,(H,20,22)(H2,19,21,24). The molecule has 0 fully saturated rings. The molecule has 3 N–H and O–H groups in total. The Balaban J connectivity index is 1.76. The third kappa shape index (κ3) is 5.36. The van der Waals surface area contributed by atoms with Crippen LogP contribution in [-0.2, 0) is 4.79 Å². The predicted molar refractivity (Wildman–Crippen MR) is 95.6 cm³/mol. The van der Waals surface area contributed by atoms with Crippen LogP contribution in [0.3, 0.4) is 0 Å². The van der Waals surface area contributed by atoms with Crippen molar-refractivity contribution in [2.24, 2.45) is 0 Å².